The Balaban J connectivity index is 1.55. The summed E-state index contributed by atoms with van der Waals surface area (Å²) in [6.45, 7) is 2.96. The molecule has 0 spiro atoms. The van der Waals surface area contributed by atoms with E-state index in [-0.39, 0.29) is 42.1 Å². The van der Waals surface area contributed by atoms with E-state index in [0.717, 1.165) is 10.7 Å². The number of nitrogens with zero attached hydrogens (tertiary/aromatic N) is 3. The predicted molar refractivity (Wildman–Crippen MR) is 147 cm³/mol. The molecule has 16 heteroatoms. The van der Waals surface area contributed by atoms with Crippen LogP contribution < -0.4 is 20.7 Å². The number of hydrogen-bond acceptors (Lipinski definition) is 7. The minimum atomic E-state index is -1.83. The summed E-state index contributed by atoms with van der Waals surface area (Å²) in [5.74, 6) is -13.4. The molecule has 3 atom stereocenters. The molecule has 1 saturated heterocycles. The number of carbonyl (C=O) groups excluding carboxylic acids is 4. The third kappa shape index (κ3) is 7.99. The van der Waals surface area contributed by atoms with Gasteiger partial charge in [0.05, 0.1) is 17.9 Å². The van der Waals surface area contributed by atoms with Crippen molar-refractivity contribution in [1.82, 2.24) is 25.6 Å². The molecular formula is C29H29F5N6O5. The summed E-state index contributed by atoms with van der Waals surface area (Å²) in [5.41, 5.74) is -0.0844. The molecule has 0 bridgehead atoms. The van der Waals surface area contributed by atoms with Crippen molar-refractivity contribution >= 4 is 29.2 Å². The summed E-state index contributed by atoms with van der Waals surface area (Å²) >= 11 is 0. The van der Waals surface area contributed by atoms with Crippen molar-refractivity contribution in [3.05, 3.63) is 71.3 Å². The Morgan fingerprint density at radius 2 is 1.73 bits per heavy atom. The number of aromatic nitrogens is 3. The molecule has 1 fully saturated rings. The molecule has 0 saturated carbocycles. The Hall–Kier alpha value is -4.89. The Morgan fingerprint density at radius 1 is 1.04 bits per heavy atom. The SMILES string of the molecule is CC(C)C[C@H](NC(=O)C(=O)Nc1ccccc1F)c1cn([C@@H](C[C@@H]2CCNC2=O)C(=O)COc2c(F)c(F)cc(F)c2F)nn1. The molecule has 3 N–H and O–H groups in total. The number of amides is 3. The largest absolute Gasteiger partial charge is 0.479 e. The zero-order valence-electron chi connectivity index (χ0n) is 24.1. The van der Waals surface area contributed by atoms with Crippen LogP contribution in [-0.4, -0.2) is 51.7 Å². The van der Waals surface area contributed by atoms with Gasteiger partial charge in [-0.1, -0.05) is 31.2 Å². The van der Waals surface area contributed by atoms with E-state index in [4.69, 9.17) is 4.74 Å². The number of Topliss-reactive ketones (excluding diaryl/α,β-unsaturated/α-hetero) is 1. The zero-order chi connectivity index (χ0) is 32.8. The summed E-state index contributed by atoms with van der Waals surface area (Å²) in [6, 6.07) is 3.06. The highest BCUT2D eigenvalue weighted by Gasteiger charge is 2.34. The maximum Gasteiger partial charge on any atom is 0.313 e. The molecule has 4 rings (SSSR count). The molecule has 0 unspecified atom stereocenters. The standard InChI is InChI=1S/C29H29F5N6O5/c1-14(2)9-20(37-29(44)28(43)36-19-6-4-3-5-16(19)30)21-12-40(39-38-21)22(10-15-7-8-35-27(15)42)23(41)13-45-26-24(33)17(31)11-18(32)25(26)34/h3-6,11-12,14-15,20,22H,7-10,13H2,1-2H3,(H,35,42)(H,36,43)(H,37,44)/t15-,20-,22-/m0/s1. The molecule has 3 aromatic rings. The first-order valence-electron chi connectivity index (χ1n) is 13.9. The Labute approximate surface area is 253 Å². The van der Waals surface area contributed by atoms with Crippen molar-refractivity contribution < 1.29 is 45.9 Å². The van der Waals surface area contributed by atoms with Gasteiger partial charge in [-0.15, -0.1) is 5.10 Å². The van der Waals surface area contributed by atoms with Crippen LogP contribution in [0.2, 0.25) is 0 Å². The van der Waals surface area contributed by atoms with Gasteiger partial charge >= 0.3 is 11.8 Å². The van der Waals surface area contributed by atoms with E-state index in [2.05, 4.69) is 26.3 Å². The number of ketones is 1. The highest BCUT2D eigenvalue weighted by molar-refractivity contribution is 6.39. The van der Waals surface area contributed by atoms with Crippen molar-refractivity contribution in [2.75, 3.05) is 18.5 Å². The monoisotopic (exact) mass is 636 g/mol. The fourth-order valence-corrected chi connectivity index (χ4v) is 4.74. The van der Waals surface area contributed by atoms with Crippen LogP contribution in [-0.2, 0) is 19.2 Å². The normalized spacial score (nSPS) is 15.8. The van der Waals surface area contributed by atoms with Gasteiger partial charge in [-0.25, -0.2) is 17.9 Å². The number of ether oxygens (including phenoxy) is 1. The van der Waals surface area contributed by atoms with Gasteiger partial charge in [0, 0.05) is 18.5 Å². The molecule has 45 heavy (non-hydrogen) atoms. The second-order valence-electron chi connectivity index (χ2n) is 10.8. The first-order valence-corrected chi connectivity index (χ1v) is 13.9. The molecule has 3 amide bonds. The van der Waals surface area contributed by atoms with Gasteiger partial charge in [0.25, 0.3) is 0 Å². The van der Waals surface area contributed by atoms with Gasteiger partial charge in [-0.2, -0.15) is 8.78 Å². The number of carbonyl (C=O) groups is 4. The van der Waals surface area contributed by atoms with Crippen LogP contribution in [0.4, 0.5) is 27.6 Å². The molecule has 0 radical (unpaired) electrons. The predicted octanol–water partition coefficient (Wildman–Crippen LogP) is 3.53. The van der Waals surface area contributed by atoms with E-state index in [9.17, 15) is 41.1 Å². The van der Waals surface area contributed by atoms with Gasteiger partial charge in [0.2, 0.25) is 17.5 Å². The highest BCUT2D eigenvalue weighted by Crippen LogP contribution is 2.29. The van der Waals surface area contributed by atoms with Gasteiger partial charge in [-0.3, -0.25) is 19.2 Å². The number of para-hydroxylation sites is 1. The number of anilines is 1. The van der Waals surface area contributed by atoms with Gasteiger partial charge < -0.3 is 20.7 Å². The number of hydrogen-bond donors (Lipinski definition) is 3. The average molecular weight is 637 g/mol. The maximum absolute atomic E-state index is 14.1. The fourth-order valence-electron chi connectivity index (χ4n) is 4.74. The lowest BCUT2D eigenvalue weighted by Gasteiger charge is -2.20. The van der Waals surface area contributed by atoms with Crippen LogP contribution in [0.25, 0.3) is 0 Å². The molecule has 0 aliphatic carbocycles. The number of rotatable bonds is 12. The lowest BCUT2D eigenvalue weighted by molar-refractivity contribution is -0.136. The van der Waals surface area contributed by atoms with E-state index < -0.39 is 77.0 Å². The fraction of sp³-hybridized carbons (Fsp3) is 0.379. The van der Waals surface area contributed by atoms with Crippen molar-refractivity contribution in [2.45, 2.75) is 45.2 Å². The van der Waals surface area contributed by atoms with Crippen molar-refractivity contribution in [3.8, 4) is 5.75 Å². The third-order valence-electron chi connectivity index (χ3n) is 7.02. The average Bonchev–Trinajstić information content (AvgIpc) is 3.64. The van der Waals surface area contributed by atoms with Gasteiger partial charge in [0.15, 0.2) is 23.2 Å². The van der Waals surface area contributed by atoms with Crippen LogP contribution in [0.15, 0.2) is 36.5 Å². The van der Waals surface area contributed by atoms with Crippen molar-refractivity contribution in [2.24, 2.45) is 11.8 Å². The summed E-state index contributed by atoms with van der Waals surface area (Å²) in [4.78, 5) is 50.8. The topological polar surface area (TPSA) is 144 Å². The molecule has 240 valence electrons. The van der Waals surface area contributed by atoms with Crippen LogP contribution in [0.1, 0.15) is 50.9 Å². The first-order chi connectivity index (χ1) is 21.3. The first kappa shape index (κ1) is 33.0. The molecular weight excluding hydrogens is 607 g/mol. The number of benzene rings is 2. The van der Waals surface area contributed by atoms with Crippen LogP contribution in [0.3, 0.4) is 0 Å². The van der Waals surface area contributed by atoms with Crippen LogP contribution in [0.5, 0.6) is 5.75 Å². The molecule has 1 aromatic heterocycles. The highest BCUT2D eigenvalue weighted by atomic mass is 19.2. The van der Waals surface area contributed by atoms with E-state index in [1.165, 1.54) is 24.4 Å². The second-order valence-corrected chi connectivity index (χ2v) is 10.8. The van der Waals surface area contributed by atoms with Crippen molar-refractivity contribution in [3.63, 3.8) is 0 Å². The molecule has 11 nitrogen and oxygen atoms in total. The molecule has 2 heterocycles. The van der Waals surface area contributed by atoms with Crippen LogP contribution >= 0.6 is 0 Å². The third-order valence-corrected chi connectivity index (χ3v) is 7.02. The van der Waals surface area contributed by atoms with E-state index in [0.29, 0.717) is 13.0 Å². The molecule has 1 aliphatic heterocycles. The Morgan fingerprint density at radius 3 is 2.36 bits per heavy atom. The minimum absolute atomic E-state index is 0.00621. The zero-order valence-corrected chi connectivity index (χ0v) is 24.1. The lowest BCUT2D eigenvalue weighted by Crippen LogP contribution is -2.38. The minimum Gasteiger partial charge on any atom is -0.479 e. The van der Waals surface area contributed by atoms with E-state index >= 15 is 0 Å². The van der Waals surface area contributed by atoms with E-state index in [1.807, 2.05) is 13.8 Å². The van der Waals surface area contributed by atoms with Crippen molar-refractivity contribution in [1.29, 1.82) is 0 Å². The van der Waals surface area contributed by atoms with Gasteiger partial charge in [0.1, 0.15) is 24.2 Å². The lowest BCUT2D eigenvalue weighted by atomic mass is 9.96. The summed E-state index contributed by atoms with van der Waals surface area (Å²) in [5, 5.41) is 15.3. The Kier molecular flexibility index (Phi) is 10.5. The Bertz CT molecular complexity index is 1570. The van der Waals surface area contributed by atoms with E-state index in [1.54, 1.807) is 0 Å². The second kappa shape index (κ2) is 14.3. The number of halogens is 5. The number of nitrogens with one attached hydrogen (secondary N) is 3. The molecule has 1 aliphatic rings. The summed E-state index contributed by atoms with van der Waals surface area (Å²) in [7, 11) is 0. The molecule has 2 aromatic carbocycles. The quantitative estimate of drug-likeness (QED) is 0.157. The summed E-state index contributed by atoms with van der Waals surface area (Å²) < 4.78 is 75.4. The van der Waals surface area contributed by atoms with Crippen LogP contribution in [0, 0.1) is 40.9 Å². The van der Waals surface area contributed by atoms with Gasteiger partial charge in [-0.05, 0) is 37.3 Å². The summed E-state index contributed by atoms with van der Waals surface area (Å²) in [6.07, 6.45) is 1.78. The smallest absolute Gasteiger partial charge is 0.313 e. The maximum atomic E-state index is 14.1.